The molecule has 1 amide bonds. The lowest BCUT2D eigenvalue weighted by Crippen LogP contribution is -2.54. The largest absolute Gasteiger partial charge is 0.444 e. The molecule has 0 spiro atoms. The smallest absolute Gasteiger partial charge is 0.408 e. The summed E-state index contributed by atoms with van der Waals surface area (Å²) >= 11 is 1.66. The number of nitrogens with one attached hydrogen (secondary N) is 3. The first kappa shape index (κ1) is 22.2. The van der Waals surface area contributed by atoms with Crippen LogP contribution in [0.1, 0.15) is 57.1 Å². The molecule has 0 atom stereocenters. The summed E-state index contributed by atoms with van der Waals surface area (Å²) in [7, 11) is 0. The number of aromatic nitrogens is 1. The lowest BCUT2D eigenvalue weighted by molar-refractivity contribution is 0.0474. The van der Waals surface area contributed by atoms with Crippen LogP contribution in [0.3, 0.4) is 0 Å². The Bertz CT molecular complexity index is 632. The van der Waals surface area contributed by atoms with Crippen LogP contribution in [0.25, 0.3) is 0 Å². The van der Waals surface area contributed by atoms with E-state index >= 15 is 0 Å². The molecule has 0 radical (unpaired) electrons. The highest BCUT2D eigenvalue weighted by Gasteiger charge is 2.24. The molecule has 8 heteroatoms. The third-order valence-corrected chi connectivity index (χ3v) is 4.32. The average Bonchev–Trinajstić information content (AvgIpc) is 2.77. The Kier molecular flexibility index (Phi) is 7.87. The fraction of sp³-hybridized carbons (Fsp3) is 0.722. The maximum Gasteiger partial charge on any atom is 0.408 e. The van der Waals surface area contributed by atoms with Gasteiger partial charge in [-0.05, 0) is 55.4 Å². The Morgan fingerprint density at radius 1 is 1.19 bits per heavy atom. The van der Waals surface area contributed by atoms with Crippen molar-refractivity contribution in [3.05, 3.63) is 15.6 Å². The van der Waals surface area contributed by atoms with E-state index in [1.807, 2.05) is 55.4 Å². The number of rotatable bonds is 6. The van der Waals surface area contributed by atoms with Crippen molar-refractivity contribution in [1.82, 2.24) is 20.9 Å². The number of ether oxygens (including phenoxy) is 1. The molecule has 26 heavy (non-hydrogen) atoms. The quantitative estimate of drug-likeness (QED) is 0.519. The Labute approximate surface area is 161 Å². The van der Waals surface area contributed by atoms with Crippen LogP contribution in [0.2, 0.25) is 0 Å². The van der Waals surface area contributed by atoms with Gasteiger partial charge in [0.05, 0.1) is 22.8 Å². The number of amides is 1. The summed E-state index contributed by atoms with van der Waals surface area (Å²) in [5, 5.41) is 10.4. The van der Waals surface area contributed by atoms with Gasteiger partial charge in [-0.15, -0.1) is 11.3 Å². The molecule has 0 aliphatic carbocycles. The van der Waals surface area contributed by atoms with Gasteiger partial charge in [-0.2, -0.15) is 0 Å². The second kappa shape index (κ2) is 9.21. The molecule has 0 fully saturated rings. The monoisotopic (exact) mass is 383 g/mol. The highest BCUT2D eigenvalue weighted by Crippen LogP contribution is 2.17. The molecular formula is C18H33N5O2S. The van der Waals surface area contributed by atoms with Crippen LogP contribution in [-0.2, 0) is 11.3 Å². The number of carbonyl (C=O) groups excluding carboxylic acids is 1. The molecule has 1 aromatic heterocycles. The topological polar surface area (TPSA) is 87.6 Å². The number of hydrogen-bond acceptors (Lipinski definition) is 5. The fourth-order valence-corrected chi connectivity index (χ4v) is 3.00. The van der Waals surface area contributed by atoms with Gasteiger partial charge in [0.1, 0.15) is 5.60 Å². The van der Waals surface area contributed by atoms with E-state index in [4.69, 9.17) is 4.74 Å². The number of alkyl carbamates (subject to hydrolysis) is 1. The Morgan fingerprint density at radius 2 is 1.85 bits per heavy atom. The summed E-state index contributed by atoms with van der Waals surface area (Å²) in [6.07, 6.45) is -0.429. The van der Waals surface area contributed by atoms with Crippen molar-refractivity contribution < 1.29 is 9.53 Å². The summed E-state index contributed by atoms with van der Waals surface area (Å²) in [4.78, 5) is 22.2. The van der Waals surface area contributed by atoms with E-state index in [9.17, 15) is 4.79 Å². The summed E-state index contributed by atoms with van der Waals surface area (Å²) < 4.78 is 5.32. The van der Waals surface area contributed by atoms with Gasteiger partial charge < -0.3 is 20.7 Å². The minimum absolute atomic E-state index is 0.429. The van der Waals surface area contributed by atoms with Gasteiger partial charge in [0.25, 0.3) is 0 Å². The third-order valence-electron chi connectivity index (χ3n) is 3.26. The minimum Gasteiger partial charge on any atom is -0.444 e. The molecule has 0 saturated heterocycles. The molecule has 1 rings (SSSR count). The Morgan fingerprint density at radius 3 is 2.35 bits per heavy atom. The summed E-state index contributed by atoms with van der Waals surface area (Å²) in [5.41, 5.74) is 0.0172. The molecule has 3 N–H and O–H groups in total. The minimum atomic E-state index is -0.519. The van der Waals surface area contributed by atoms with E-state index in [-0.39, 0.29) is 0 Å². The number of hydrogen-bond donors (Lipinski definition) is 3. The molecule has 1 aromatic rings. The van der Waals surface area contributed by atoms with Crippen molar-refractivity contribution in [2.24, 2.45) is 4.99 Å². The fourth-order valence-electron chi connectivity index (χ4n) is 2.14. The van der Waals surface area contributed by atoms with Crippen molar-refractivity contribution in [3.63, 3.8) is 0 Å². The molecule has 0 bridgehead atoms. The first-order chi connectivity index (χ1) is 11.9. The molecule has 7 nitrogen and oxygen atoms in total. The average molecular weight is 384 g/mol. The molecule has 0 saturated carbocycles. The van der Waals surface area contributed by atoms with E-state index in [0.29, 0.717) is 19.0 Å². The zero-order valence-electron chi connectivity index (χ0n) is 17.2. The number of carbonyl (C=O) groups is 1. The lowest BCUT2D eigenvalue weighted by Gasteiger charge is -2.29. The number of thiazole rings is 1. The third kappa shape index (κ3) is 8.51. The van der Waals surface area contributed by atoms with Crippen LogP contribution in [-0.4, -0.2) is 41.3 Å². The van der Waals surface area contributed by atoms with E-state index in [1.54, 1.807) is 11.3 Å². The van der Waals surface area contributed by atoms with Crippen LogP contribution < -0.4 is 16.0 Å². The molecule has 148 valence electrons. The molecule has 0 aliphatic heterocycles. The second-order valence-corrected chi connectivity index (χ2v) is 9.09. The van der Waals surface area contributed by atoms with E-state index in [0.717, 1.165) is 22.1 Å². The van der Waals surface area contributed by atoms with Crippen molar-refractivity contribution in [2.45, 2.75) is 73.1 Å². The van der Waals surface area contributed by atoms with Gasteiger partial charge in [0.15, 0.2) is 5.96 Å². The predicted octanol–water partition coefficient (Wildman–Crippen LogP) is 3.12. The SMILES string of the molecule is CCNC(=NCc1sc(C)nc1C)NCC(C)(C)NC(=O)OC(C)(C)C. The molecule has 1 heterocycles. The molecule has 0 aliphatic rings. The zero-order valence-corrected chi connectivity index (χ0v) is 18.1. The lowest BCUT2D eigenvalue weighted by atomic mass is 10.1. The van der Waals surface area contributed by atoms with Crippen molar-refractivity contribution in [3.8, 4) is 0 Å². The summed E-state index contributed by atoms with van der Waals surface area (Å²) in [5.74, 6) is 0.706. The Hall–Kier alpha value is -1.83. The number of aryl methyl sites for hydroxylation is 2. The van der Waals surface area contributed by atoms with Crippen molar-refractivity contribution in [2.75, 3.05) is 13.1 Å². The first-order valence-electron chi connectivity index (χ1n) is 8.88. The van der Waals surface area contributed by atoms with Crippen molar-refractivity contribution >= 4 is 23.4 Å². The second-order valence-electron chi connectivity index (χ2n) is 7.80. The van der Waals surface area contributed by atoms with Crippen LogP contribution in [0.4, 0.5) is 4.79 Å². The molecule has 0 unspecified atom stereocenters. The van der Waals surface area contributed by atoms with Gasteiger partial charge >= 0.3 is 6.09 Å². The van der Waals surface area contributed by atoms with Crippen LogP contribution >= 0.6 is 11.3 Å². The number of nitrogens with zero attached hydrogens (tertiary/aromatic N) is 2. The number of aliphatic imine (C=N–C) groups is 1. The van der Waals surface area contributed by atoms with Gasteiger partial charge in [-0.1, -0.05) is 0 Å². The van der Waals surface area contributed by atoms with E-state index in [2.05, 4.69) is 25.9 Å². The maximum atomic E-state index is 12.0. The summed E-state index contributed by atoms with van der Waals surface area (Å²) in [6, 6.07) is 0. The van der Waals surface area contributed by atoms with E-state index in [1.165, 1.54) is 0 Å². The highest BCUT2D eigenvalue weighted by molar-refractivity contribution is 7.11. The molecule has 0 aromatic carbocycles. The van der Waals surface area contributed by atoms with E-state index < -0.39 is 17.2 Å². The first-order valence-corrected chi connectivity index (χ1v) is 9.70. The van der Waals surface area contributed by atoms with Crippen LogP contribution in [0.5, 0.6) is 0 Å². The van der Waals surface area contributed by atoms with Crippen LogP contribution in [0, 0.1) is 13.8 Å². The van der Waals surface area contributed by atoms with Crippen molar-refractivity contribution in [1.29, 1.82) is 0 Å². The van der Waals surface area contributed by atoms with Gasteiger partial charge in [-0.25, -0.2) is 14.8 Å². The van der Waals surface area contributed by atoms with Gasteiger partial charge in [0.2, 0.25) is 0 Å². The van der Waals surface area contributed by atoms with Gasteiger partial charge in [-0.3, -0.25) is 0 Å². The predicted molar refractivity (Wildman–Crippen MR) is 108 cm³/mol. The number of guanidine groups is 1. The molecular weight excluding hydrogens is 350 g/mol. The summed E-state index contributed by atoms with van der Waals surface area (Å²) in [6.45, 7) is 17.3. The van der Waals surface area contributed by atoms with Crippen LogP contribution in [0.15, 0.2) is 4.99 Å². The standard InChI is InChI=1S/C18H33N5O2S/c1-9-19-15(20-10-14-12(2)22-13(3)26-14)21-11-18(7,8)23-16(24)25-17(4,5)6/h9-11H2,1-8H3,(H,23,24)(H2,19,20,21). The normalized spacial score (nSPS) is 12.7. The zero-order chi connectivity index (χ0) is 20.0. The maximum absolute atomic E-state index is 12.0. The highest BCUT2D eigenvalue weighted by atomic mass is 32.1. The van der Waals surface area contributed by atoms with Gasteiger partial charge in [0, 0.05) is 18.0 Å². The Balaban J connectivity index is 2.64.